The van der Waals surface area contributed by atoms with E-state index in [1.807, 2.05) is 31.2 Å². The normalized spacial score (nSPS) is 11.1. The van der Waals surface area contributed by atoms with Crippen LogP contribution in [0.4, 0.5) is 0 Å². The van der Waals surface area contributed by atoms with E-state index in [1.54, 1.807) is 6.26 Å². The van der Waals surface area contributed by atoms with Crippen molar-refractivity contribution in [2.24, 2.45) is 5.92 Å². The van der Waals surface area contributed by atoms with Gasteiger partial charge in [-0.1, -0.05) is 25.4 Å². The van der Waals surface area contributed by atoms with Crippen molar-refractivity contribution in [1.82, 2.24) is 5.32 Å². The van der Waals surface area contributed by atoms with Crippen LogP contribution in [0.1, 0.15) is 30.7 Å². The Bertz CT molecular complexity index is 578. The minimum absolute atomic E-state index is 0.422. The quantitative estimate of drug-likeness (QED) is 0.814. The van der Waals surface area contributed by atoms with Gasteiger partial charge in [-0.2, -0.15) is 0 Å². The van der Waals surface area contributed by atoms with Crippen LogP contribution in [0.5, 0.6) is 5.75 Å². The van der Waals surface area contributed by atoms with E-state index in [-0.39, 0.29) is 0 Å². The number of hydrogen-bond donors (Lipinski definition) is 1. The summed E-state index contributed by atoms with van der Waals surface area (Å²) in [5.74, 6) is 2.27. The molecular weight excluding hydrogens is 286 g/mol. The van der Waals surface area contributed by atoms with Gasteiger partial charge in [0.1, 0.15) is 18.1 Å². The van der Waals surface area contributed by atoms with Gasteiger partial charge in [-0.15, -0.1) is 0 Å². The zero-order valence-electron chi connectivity index (χ0n) is 12.8. The molecular formula is C17H22ClNO2. The highest BCUT2D eigenvalue weighted by molar-refractivity contribution is 6.31. The predicted molar refractivity (Wildman–Crippen MR) is 85.8 cm³/mol. The monoisotopic (exact) mass is 307 g/mol. The molecule has 0 unspecified atom stereocenters. The molecule has 0 spiro atoms. The van der Waals surface area contributed by atoms with Gasteiger partial charge in [-0.05, 0) is 49.2 Å². The summed E-state index contributed by atoms with van der Waals surface area (Å²) in [6, 6.07) is 7.66. The van der Waals surface area contributed by atoms with Crippen molar-refractivity contribution in [2.45, 2.75) is 33.9 Å². The first kappa shape index (κ1) is 15.9. The maximum atomic E-state index is 5.99. The van der Waals surface area contributed by atoms with Crippen molar-refractivity contribution in [3.63, 3.8) is 0 Å². The van der Waals surface area contributed by atoms with Gasteiger partial charge in [-0.3, -0.25) is 0 Å². The first-order chi connectivity index (χ1) is 10.0. The molecule has 1 heterocycles. The van der Waals surface area contributed by atoms with Gasteiger partial charge in [0.05, 0.1) is 6.26 Å². The molecule has 0 saturated heterocycles. The van der Waals surface area contributed by atoms with E-state index in [4.69, 9.17) is 20.8 Å². The standard InChI is InChI=1S/C17H22ClNO2/c1-12(2)8-19-9-14-7-16(20-10-14)11-21-15-4-5-17(18)13(3)6-15/h4-7,10,12,19H,8-9,11H2,1-3H3. The van der Waals surface area contributed by atoms with Crippen LogP contribution in [0, 0.1) is 12.8 Å². The number of ether oxygens (including phenoxy) is 1. The molecule has 1 aromatic carbocycles. The highest BCUT2D eigenvalue weighted by Gasteiger charge is 2.04. The van der Waals surface area contributed by atoms with E-state index in [0.717, 1.165) is 40.7 Å². The fraction of sp³-hybridized carbons (Fsp3) is 0.412. The topological polar surface area (TPSA) is 34.4 Å². The third kappa shape index (κ3) is 5.10. The number of aryl methyl sites for hydroxylation is 1. The lowest BCUT2D eigenvalue weighted by molar-refractivity contribution is 0.270. The van der Waals surface area contributed by atoms with Crippen molar-refractivity contribution in [3.8, 4) is 5.75 Å². The summed E-state index contributed by atoms with van der Waals surface area (Å²) in [5, 5.41) is 4.14. The van der Waals surface area contributed by atoms with Gasteiger partial charge < -0.3 is 14.5 Å². The van der Waals surface area contributed by atoms with Gasteiger partial charge in [-0.25, -0.2) is 0 Å². The summed E-state index contributed by atoms with van der Waals surface area (Å²) < 4.78 is 11.2. The van der Waals surface area contributed by atoms with Crippen molar-refractivity contribution in [3.05, 3.63) is 52.4 Å². The third-order valence-corrected chi connectivity index (χ3v) is 3.52. The van der Waals surface area contributed by atoms with Gasteiger partial charge in [0.25, 0.3) is 0 Å². The predicted octanol–water partition coefficient (Wildman–Crippen LogP) is 4.57. The lowest BCUT2D eigenvalue weighted by atomic mass is 10.2. The molecule has 4 heteroatoms. The third-order valence-electron chi connectivity index (χ3n) is 3.10. The highest BCUT2D eigenvalue weighted by Crippen LogP contribution is 2.22. The van der Waals surface area contributed by atoms with E-state index < -0.39 is 0 Å². The number of nitrogens with one attached hydrogen (secondary N) is 1. The molecule has 0 saturated carbocycles. The Morgan fingerprint density at radius 1 is 1.29 bits per heavy atom. The van der Waals surface area contributed by atoms with Crippen LogP contribution in [0.3, 0.4) is 0 Å². The van der Waals surface area contributed by atoms with Crippen LogP contribution < -0.4 is 10.1 Å². The second-order valence-electron chi connectivity index (χ2n) is 5.65. The fourth-order valence-corrected chi connectivity index (χ4v) is 2.08. The van der Waals surface area contributed by atoms with Crippen LogP contribution in [0.25, 0.3) is 0 Å². The molecule has 0 atom stereocenters. The Labute approximate surface area is 131 Å². The number of hydrogen-bond acceptors (Lipinski definition) is 3. The summed E-state index contributed by atoms with van der Waals surface area (Å²) >= 11 is 5.99. The van der Waals surface area contributed by atoms with Crippen LogP contribution in [-0.4, -0.2) is 6.54 Å². The largest absolute Gasteiger partial charge is 0.486 e. The lowest BCUT2D eigenvalue weighted by Crippen LogP contribution is -2.18. The zero-order valence-corrected chi connectivity index (χ0v) is 13.5. The molecule has 2 rings (SSSR count). The molecule has 0 aliphatic rings. The average Bonchev–Trinajstić information content (AvgIpc) is 2.88. The molecule has 0 aliphatic heterocycles. The average molecular weight is 308 g/mol. The molecule has 0 fully saturated rings. The second-order valence-corrected chi connectivity index (χ2v) is 6.05. The SMILES string of the molecule is Cc1cc(OCc2cc(CNCC(C)C)co2)ccc1Cl. The van der Waals surface area contributed by atoms with Gasteiger partial charge in [0, 0.05) is 17.1 Å². The van der Waals surface area contributed by atoms with E-state index in [2.05, 4.69) is 19.2 Å². The van der Waals surface area contributed by atoms with Crippen LogP contribution in [0.15, 0.2) is 34.9 Å². The van der Waals surface area contributed by atoms with E-state index in [1.165, 1.54) is 0 Å². The fourth-order valence-electron chi connectivity index (χ4n) is 1.96. The summed E-state index contributed by atoms with van der Waals surface area (Å²) in [6.07, 6.45) is 1.78. The molecule has 0 bridgehead atoms. The summed E-state index contributed by atoms with van der Waals surface area (Å²) in [7, 11) is 0. The number of halogens is 1. The number of rotatable bonds is 7. The Kier molecular flexibility index (Phi) is 5.71. The molecule has 3 nitrogen and oxygen atoms in total. The summed E-state index contributed by atoms with van der Waals surface area (Å²) in [5.41, 5.74) is 2.15. The second kappa shape index (κ2) is 7.53. The summed E-state index contributed by atoms with van der Waals surface area (Å²) in [6.45, 7) is 8.58. The molecule has 114 valence electrons. The highest BCUT2D eigenvalue weighted by atomic mass is 35.5. The van der Waals surface area contributed by atoms with Gasteiger partial charge >= 0.3 is 0 Å². The van der Waals surface area contributed by atoms with Crippen LogP contribution in [0.2, 0.25) is 5.02 Å². The molecule has 0 radical (unpaired) electrons. The maximum absolute atomic E-state index is 5.99. The number of benzene rings is 1. The van der Waals surface area contributed by atoms with Crippen molar-refractivity contribution in [2.75, 3.05) is 6.54 Å². The Hall–Kier alpha value is -1.45. The Morgan fingerprint density at radius 3 is 2.81 bits per heavy atom. The molecule has 1 aromatic heterocycles. The van der Waals surface area contributed by atoms with Gasteiger partial charge in [0.15, 0.2) is 0 Å². The molecule has 21 heavy (non-hydrogen) atoms. The molecule has 1 N–H and O–H groups in total. The smallest absolute Gasteiger partial charge is 0.146 e. The van der Waals surface area contributed by atoms with Crippen molar-refractivity contribution >= 4 is 11.6 Å². The Balaban J connectivity index is 1.83. The van der Waals surface area contributed by atoms with Crippen LogP contribution >= 0.6 is 11.6 Å². The Morgan fingerprint density at radius 2 is 2.10 bits per heavy atom. The van der Waals surface area contributed by atoms with E-state index in [9.17, 15) is 0 Å². The molecule has 0 amide bonds. The lowest BCUT2D eigenvalue weighted by Gasteiger charge is -2.06. The van der Waals surface area contributed by atoms with Crippen molar-refractivity contribution < 1.29 is 9.15 Å². The molecule has 2 aromatic rings. The number of furan rings is 1. The van der Waals surface area contributed by atoms with Crippen molar-refractivity contribution in [1.29, 1.82) is 0 Å². The first-order valence-electron chi connectivity index (χ1n) is 7.20. The van der Waals surface area contributed by atoms with Crippen LogP contribution in [-0.2, 0) is 13.2 Å². The molecule has 0 aliphatic carbocycles. The van der Waals surface area contributed by atoms with E-state index >= 15 is 0 Å². The first-order valence-corrected chi connectivity index (χ1v) is 7.58. The summed E-state index contributed by atoms with van der Waals surface area (Å²) in [4.78, 5) is 0. The zero-order chi connectivity index (χ0) is 15.2. The minimum atomic E-state index is 0.422. The van der Waals surface area contributed by atoms with Gasteiger partial charge in [0.2, 0.25) is 0 Å². The minimum Gasteiger partial charge on any atom is -0.486 e. The maximum Gasteiger partial charge on any atom is 0.146 e. The van der Waals surface area contributed by atoms with E-state index in [0.29, 0.717) is 12.5 Å².